The maximum atomic E-state index is 9.10. The first kappa shape index (κ1) is 42.7. The van der Waals surface area contributed by atoms with E-state index in [1.54, 1.807) is 0 Å². The van der Waals surface area contributed by atoms with Gasteiger partial charge in [-0.25, -0.2) is 28.8 Å². The van der Waals surface area contributed by atoms with Crippen LogP contribution in [0.15, 0.2) is 0 Å². The summed E-state index contributed by atoms with van der Waals surface area (Å²) in [5.41, 5.74) is 0. The van der Waals surface area contributed by atoms with Crippen LogP contribution in [0.3, 0.4) is 0 Å². The molecular weight excluding hydrogens is 368 g/mol. The topological polar surface area (TPSA) is 318 Å². The number of rotatable bonds is 0. The van der Waals surface area contributed by atoms with Crippen LogP contribution < -0.4 is 0 Å². The number of carbonyl (C=O) groups is 6. The molecule has 15 nitrogen and oxygen atoms in total. The van der Waals surface area contributed by atoms with Gasteiger partial charge in [0.2, 0.25) is 0 Å². The second-order valence-electron chi connectivity index (χ2n) is 1.83. The Hall–Kier alpha value is -2.78. The van der Waals surface area contributed by atoms with Gasteiger partial charge in [0.05, 0.1) is 0 Å². The van der Waals surface area contributed by atoms with Crippen molar-refractivity contribution in [1.29, 1.82) is 0 Å². The smallest absolute Gasteiger partial charge is 0.414 e. The van der Waals surface area contributed by atoms with Crippen molar-refractivity contribution in [3.05, 3.63) is 0 Å². The van der Waals surface area contributed by atoms with Crippen LogP contribution in [0.4, 0.5) is 0 Å². The Bertz CT molecular complexity index is 279. The van der Waals surface area contributed by atoms with Crippen molar-refractivity contribution in [3.63, 3.8) is 0 Å². The molecule has 0 saturated carbocycles. The fourth-order valence-corrected chi connectivity index (χ4v) is 0. The van der Waals surface area contributed by atoms with E-state index in [1.807, 2.05) is 0 Å². The van der Waals surface area contributed by atoms with Gasteiger partial charge in [0, 0.05) is 17.1 Å². The van der Waals surface area contributed by atoms with Gasteiger partial charge >= 0.3 is 35.8 Å². The molecule has 0 rings (SSSR count). The van der Waals surface area contributed by atoms with Crippen LogP contribution in [0.5, 0.6) is 0 Å². The summed E-state index contributed by atoms with van der Waals surface area (Å²) in [6.45, 7) is 0. The molecule has 22 heavy (non-hydrogen) atoms. The van der Waals surface area contributed by atoms with Gasteiger partial charge in [-0.1, -0.05) is 0 Å². The largest absolute Gasteiger partial charge is 0.473 e. The molecule has 0 radical (unpaired) electrons. The number of carboxylic acids is 6. The number of carboxylic acid groups (broad SMARTS) is 6. The number of aliphatic carboxylic acids is 6. The second kappa shape index (κ2) is 23.3. The van der Waals surface area contributed by atoms with Crippen LogP contribution in [0.25, 0.3) is 0 Å². The average Bonchev–Trinajstić information content (AvgIpc) is 2.18. The van der Waals surface area contributed by atoms with Crippen LogP contribution in [-0.2, 0) is 45.8 Å². The number of hydrogen-bond donors (Lipinski definition) is 6. The third kappa shape index (κ3) is 53.3. The van der Waals surface area contributed by atoms with Crippen LogP contribution in [-0.4, -0.2) is 82.9 Å². The van der Waals surface area contributed by atoms with Gasteiger partial charge in [-0.2, -0.15) is 0 Å². The molecule has 0 aliphatic rings. The van der Waals surface area contributed by atoms with E-state index in [-0.39, 0.29) is 33.5 Å². The van der Waals surface area contributed by atoms with Gasteiger partial charge in [0.1, 0.15) is 0 Å². The molecule has 12 N–H and O–H groups in total. The minimum atomic E-state index is -1.82. The van der Waals surface area contributed by atoms with E-state index in [0.717, 1.165) is 0 Å². The zero-order valence-electron chi connectivity index (χ0n) is 9.99. The first-order chi connectivity index (χ1) is 7.93. The standard InChI is InChI=1S/3C2H2O4.Fe.3H2O/c3*3-1(4)2(5)6;;;;/h3*(H,3,4)(H,5,6);;3*1H2. The Labute approximate surface area is 129 Å². The van der Waals surface area contributed by atoms with E-state index in [0.29, 0.717) is 0 Å². The van der Waals surface area contributed by atoms with E-state index < -0.39 is 35.8 Å². The summed E-state index contributed by atoms with van der Waals surface area (Å²) >= 11 is 0. The monoisotopic (exact) mass is 380 g/mol. The molecule has 0 aromatic carbocycles. The summed E-state index contributed by atoms with van der Waals surface area (Å²) < 4.78 is 0. The summed E-state index contributed by atoms with van der Waals surface area (Å²) in [5.74, 6) is -10.9. The first-order valence-corrected chi connectivity index (χ1v) is 3.32. The molecule has 0 bridgehead atoms. The van der Waals surface area contributed by atoms with E-state index >= 15 is 0 Å². The second-order valence-corrected chi connectivity index (χ2v) is 1.83. The van der Waals surface area contributed by atoms with Gasteiger partial charge in [0.25, 0.3) is 0 Å². The Morgan fingerprint density at radius 3 is 0.409 bits per heavy atom. The van der Waals surface area contributed by atoms with Gasteiger partial charge in [-0.05, 0) is 0 Å². The molecule has 134 valence electrons. The zero-order valence-corrected chi connectivity index (χ0v) is 11.1. The van der Waals surface area contributed by atoms with Crippen LogP contribution in [0.1, 0.15) is 0 Å². The van der Waals surface area contributed by atoms with Crippen molar-refractivity contribution in [2.24, 2.45) is 0 Å². The van der Waals surface area contributed by atoms with Crippen molar-refractivity contribution in [1.82, 2.24) is 0 Å². The molecule has 0 aliphatic heterocycles. The van der Waals surface area contributed by atoms with Crippen molar-refractivity contribution in [3.8, 4) is 0 Å². The predicted octanol–water partition coefficient (Wildman–Crippen LogP) is -5.01. The number of hydrogen-bond acceptors (Lipinski definition) is 6. The summed E-state index contributed by atoms with van der Waals surface area (Å²) in [7, 11) is 0. The van der Waals surface area contributed by atoms with E-state index in [2.05, 4.69) is 0 Å². The molecule has 16 heteroatoms. The Morgan fingerprint density at radius 1 is 0.364 bits per heavy atom. The van der Waals surface area contributed by atoms with E-state index in [1.165, 1.54) is 0 Å². The molecule has 0 saturated heterocycles. The summed E-state index contributed by atoms with van der Waals surface area (Å²) in [5, 5.41) is 44.3. The van der Waals surface area contributed by atoms with Gasteiger partial charge in [0.15, 0.2) is 0 Å². The minimum Gasteiger partial charge on any atom is -0.473 e. The van der Waals surface area contributed by atoms with Crippen molar-refractivity contribution in [2.75, 3.05) is 0 Å². The minimum absolute atomic E-state index is 0. The van der Waals surface area contributed by atoms with Crippen LogP contribution in [0.2, 0.25) is 0 Å². The maximum Gasteiger partial charge on any atom is 0.414 e. The summed E-state index contributed by atoms with van der Waals surface area (Å²) in [6.07, 6.45) is 0. The third-order valence-corrected chi connectivity index (χ3v) is 0.549. The first-order valence-electron chi connectivity index (χ1n) is 3.32. The van der Waals surface area contributed by atoms with Crippen LogP contribution >= 0.6 is 0 Å². The van der Waals surface area contributed by atoms with Gasteiger partial charge < -0.3 is 47.1 Å². The molecule has 0 aliphatic carbocycles. The quantitative estimate of drug-likeness (QED) is 0.170. The fourth-order valence-electron chi connectivity index (χ4n) is 0. The summed E-state index contributed by atoms with van der Waals surface area (Å²) in [6, 6.07) is 0. The molecule has 0 heterocycles. The van der Waals surface area contributed by atoms with Crippen molar-refractivity contribution in [2.45, 2.75) is 0 Å². The SMILES string of the molecule is O.O.O.O=C(O)C(=O)O.O=C(O)C(=O)O.O=C(O)C(=O)O.[Fe]. The van der Waals surface area contributed by atoms with E-state index in [4.69, 9.17) is 59.4 Å². The third-order valence-electron chi connectivity index (χ3n) is 0.549. The molecule has 0 atom stereocenters. The molecule has 0 fully saturated rings. The predicted molar refractivity (Wildman–Crippen MR) is 56.7 cm³/mol. The molecule has 0 aromatic rings. The molecule has 0 unspecified atom stereocenters. The molecule has 0 amide bonds. The van der Waals surface area contributed by atoms with Crippen molar-refractivity contribution < 1.29 is 92.9 Å². The molecule has 0 aromatic heterocycles. The summed E-state index contributed by atoms with van der Waals surface area (Å²) in [4.78, 5) is 54.6. The normalized spacial score (nSPS) is 6.00. The maximum absolute atomic E-state index is 9.10. The Balaban J connectivity index is -0.0000000281. The Morgan fingerprint density at radius 2 is 0.409 bits per heavy atom. The molecular formula is C6H12FeO15. The Kier molecular flexibility index (Phi) is 45.3. The van der Waals surface area contributed by atoms with Crippen molar-refractivity contribution >= 4 is 35.8 Å². The van der Waals surface area contributed by atoms with E-state index in [9.17, 15) is 0 Å². The zero-order chi connectivity index (χ0) is 15.5. The van der Waals surface area contributed by atoms with Gasteiger partial charge in [-0.15, -0.1) is 0 Å². The van der Waals surface area contributed by atoms with Crippen LogP contribution in [0, 0.1) is 0 Å². The van der Waals surface area contributed by atoms with Gasteiger partial charge in [-0.3, -0.25) is 0 Å². The fraction of sp³-hybridized carbons (Fsp3) is 0. The average molecular weight is 380 g/mol. The molecule has 0 spiro atoms.